The normalized spacial score (nSPS) is 12.4. The monoisotopic (exact) mass is 364 g/mol. The molecule has 1 atom stereocenters. The molecule has 0 bridgehead atoms. The number of rotatable bonds is 6. The molecule has 7 heteroatoms. The van der Waals surface area contributed by atoms with Gasteiger partial charge in [-0.3, -0.25) is 9.67 Å². The fourth-order valence-electron chi connectivity index (χ4n) is 2.99. The van der Waals surface area contributed by atoms with Crippen LogP contribution in [0.1, 0.15) is 30.7 Å². The highest BCUT2D eigenvalue weighted by atomic mass is 32.1. The Kier molecular flexibility index (Phi) is 4.62. The van der Waals surface area contributed by atoms with Crippen molar-refractivity contribution in [3.63, 3.8) is 0 Å². The van der Waals surface area contributed by atoms with Crippen molar-refractivity contribution in [3.05, 3.63) is 53.1 Å². The van der Waals surface area contributed by atoms with E-state index in [9.17, 15) is 0 Å². The lowest BCUT2D eigenvalue weighted by Gasteiger charge is -2.18. The number of aromatic nitrogens is 5. The second-order valence-electron chi connectivity index (χ2n) is 6.14. The molecule has 4 heterocycles. The smallest absolute Gasteiger partial charge is 0.165 e. The van der Waals surface area contributed by atoms with Crippen molar-refractivity contribution in [3.8, 4) is 11.4 Å². The maximum atomic E-state index is 4.81. The molecular weight excluding hydrogens is 344 g/mol. The predicted octanol–water partition coefficient (Wildman–Crippen LogP) is 4.44. The van der Waals surface area contributed by atoms with Gasteiger partial charge in [-0.15, -0.1) is 11.3 Å². The summed E-state index contributed by atoms with van der Waals surface area (Å²) in [7, 11) is 1.90. The van der Waals surface area contributed by atoms with Crippen LogP contribution in [0.2, 0.25) is 0 Å². The van der Waals surface area contributed by atoms with E-state index in [-0.39, 0.29) is 6.04 Å². The minimum atomic E-state index is 0.222. The Morgan fingerprint density at radius 3 is 2.85 bits per heavy atom. The molecule has 0 unspecified atom stereocenters. The van der Waals surface area contributed by atoms with Crippen LogP contribution in [0.5, 0.6) is 0 Å². The molecule has 4 aromatic heterocycles. The van der Waals surface area contributed by atoms with E-state index in [1.165, 1.54) is 4.88 Å². The maximum absolute atomic E-state index is 4.81. The Morgan fingerprint density at radius 2 is 2.12 bits per heavy atom. The zero-order valence-corrected chi connectivity index (χ0v) is 15.6. The summed E-state index contributed by atoms with van der Waals surface area (Å²) in [6, 6.07) is 8.34. The molecule has 4 rings (SSSR count). The van der Waals surface area contributed by atoms with Crippen molar-refractivity contribution in [2.45, 2.75) is 25.8 Å². The van der Waals surface area contributed by atoms with Gasteiger partial charge in [0.15, 0.2) is 11.5 Å². The summed E-state index contributed by atoms with van der Waals surface area (Å²) >= 11 is 1.76. The first-order chi connectivity index (χ1) is 12.8. The van der Waals surface area contributed by atoms with E-state index < -0.39 is 0 Å². The first kappa shape index (κ1) is 16.7. The molecule has 132 valence electrons. The Morgan fingerprint density at radius 1 is 1.19 bits per heavy atom. The number of aryl methyl sites for hydroxylation is 1. The van der Waals surface area contributed by atoms with Gasteiger partial charge in [0.05, 0.1) is 17.6 Å². The third-order valence-corrected chi connectivity index (χ3v) is 5.27. The largest absolute Gasteiger partial charge is 0.362 e. The molecule has 0 spiro atoms. The van der Waals surface area contributed by atoms with E-state index in [1.54, 1.807) is 28.4 Å². The van der Waals surface area contributed by atoms with Crippen molar-refractivity contribution >= 4 is 28.2 Å². The van der Waals surface area contributed by atoms with Crippen LogP contribution >= 0.6 is 11.3 Å². The Balaban J connectivity index is 1.80. The third kappa shape index (κ3) is 3.17. The summed E-state index contributed by atoms with van der Waals surface area (Å²) in [4.78, 5) is 15.0. The van der Waals surface area contributed by atoms with E-state index in [1.807, 2.05) is 25.4 Å². The molecule has 1 N–H and O–H groups in total. The Labute approximate surface area is 156 Å². The van der Waals surface area contributed by atoms with E-state index in [0.29, 0.717) is 5.82 Å². The zero-order chi connectivity index (χ0) is 17.9. The van der Waals surface area contributed by atoms with Crippen molar-refractivity contribution in [1.82, 2.24) is 24.7 Å². The fourth-order valence-corrected chi connectivity index (χ4v) is 3.80. The number of nitrogens with zero attached hydrogens (tertiary/aromatic N) is 5. The van der Waals surface area contributed by atoms with Gasteiger partial charge < -0.3 is 5.32 Å². The first-order valence-corrected chi connectivity index (χ1v) is 9.54. The van der Waals surface area contributed by atoms with Crippen LogP contribution in [-0.2, 0) is 7.05 Å². The van der Waals surface area contributed by atoms with Crippen LogP contribution in [0.15, 0.2) is 48.2 Å². The van der Waals surface area contributed by atoms with Crippen LogP contribution in [0.4, 0.5) is 5.82 Å². The summed E-state index contributed by atoms with van der Waals surface area (Å²) in [6.07, 6.45) is 7.48. The number of pyridine rings is 1. The molecule has 0 saturated carbocycles. The number of nitrogens with one attached hydrogen (secondary N) is 1. The number of hydrogen-bond acceptors (Lipinski definition) is 6. The summed E-state index contributed by atoms with van der Waals surface area (Å²) in [5.41, 5.74) is 1.70. The highest BCUT2D eigenvalue weighted by molar-refractivity contribution is 7.10. The van der Waals surface area contributed by atoms with E-state index >= 15 is 0 Å². The van der Waals surface area contributed by atoms with Gasteiger partial charge in [0.25, 0.3) is 0 Å². The Hall–Kier alpha value is -2.80. The first-order valence-electron chi connectivity index (χ1n) is 8.66. The van der Waals surface area contributed by atoms with Crippen molar-refractivity contribution in [2.24, 2.45) is 7.05 Å². The third-order valence-electron chi connectivity index (χ3n) is 4.29. The molecule has 26 heavy (non-hydrogen) atoms. The van der Waals surface area contributed by atoms with E-state index in [0.717, 1.165) is 35.3 Å². The lowest BCUT2D eigenvalue weighted by molar-refractivity contribution is 0.685. The number of fused-ring (bicyclic) bond motifs is 1. The predicted molar refractivity (Wildman–Crippen MR) is 105 cm³/mol. The van der Waals surface area contributed by atoms with Crippen molar-refractivity contribution in [2.75, 3.05) is 5.32 Å². The van der Waals surface area contributed by atoms with Gasteiger partial charge in [-0.25, -0.2) is 9.97 Å². The van der Waals surface area contributed by atoms with Gasteiger partial charge in [-0.2, -0.15) is 5.10 Å². The maximum Gasteiger partial charge on any atom is 0.165 e. The standard InChI is InChI=1S/C19H20N6S/c1-3-6-15(16-8-5-10-26-16)22-18-14-12-21-25(2)19(14)24-17(23-18)13-7-4-9-20-11-13/h4-5,7-12,15H,3,6H2,1-2H3,(H,22,23,24)/t15-/m0/s1. The van der Waals surface area contributed by atoms with Gasteiger partial charge >= 0.3 is 0 Å². The highest BCUT2D eigenvalue weighted by Crippen LogP contribution is 2.31. The average Bonchev–Trinajstić information content (AvgIpc) is 3.33. The summed E-state index contributed by atoms with van der Waals surface area (Å²) in [6.45, 7) is 2.20. The molecule has 0 radical (unpaired) electrons. The van der Waals surface area contributed by atoms with Crippen molar-refractivity contribution < 1.29 is 0 Å². The molecule has 0 aliphatic carbocycles. The van der Waals surface area contributed by atoms with Crippen LogP contribution in [0.3, 0.4) is 0 Å². The van der Waals surface area contributed by atoms with Crippen LogP contribution in [-0.4, -0.2) is 24.7 Å². The average molecular weight is 364 g/mol. The molecule has 0 aliphatic heterocycles. The minimum Gasteiger partial charge on any atom is -0.362 e. The summed E-state index contributed by atoms with van der Waals surface area (Å²) in [5.74, 6) is 1.46. The van der Waals surface area contributed by atoms with Crippen LogP contribution in [0, 0.1) is 0 Å². The summed E-state index contributed by atoms with van der Waals surface area (Å²) < 4.78 is 1.78. The van der Waals surface area contributed by atoms with Crippen LogP contribution < -0.4 is 5.32 Å². The molecule has 4 aromatic rings. The van der Waals surface area contributed by atoms with E-state index in [4.69, 9.17) is 9.97 Å². The van der Waals surface area contributed by atoms with Gasteiger partial charge in [0.1, 0.15) is 5.82 Å². The molecule has 0 saturated heterocycles. The zero-order valence-electron chi connectivity index (χ0n) is 14.8. The second kappa shape index (κ2) is 7.21. The Bertz CT molecular complexity index is 994. The van der Waals surface area contributed by atoms with Crippen molar-refractivity contribution in [1.29, 1.82) is 0 Å². The lowest BCUT2D eigenvalue weighted by atomic mass is 10.1. The number of hydrogen-bond donors (Lipinski definition) is 1. The molecule has 0 aliphatic rings. The van der Waals surface area contributed by atoms with Gasteiger partial charge in [0, 0.05) is 29.9 Å². The molecule has 6 nitrogen and oxygen atoms in total. The van der Waals surface area contributed by atoms with Gasteiger partial charge in [0.2, 0.25) is 0 Å². The van der Waals surface area contributed by atoms with Gasteiger partial charge in [-0.05, 0) is 30.0 Å². The lowest BCUT2D eigenvalue weighted by Crippen LogP contribution is -2.11. The molecule has 0 amide bonds. The molecule has 0 fully saturated rings. The molecular formula is C19H20N6S. The second-order valence-corrected chi connectivity index (χ2v) is 7.12. The highest BCUT2D eigenvalue weighted by Gasteiger charge is 2.18. The quantitative estimate of drug-likeness (QED) is 0.548. The van der Waals surface area contributed by atoms with E-state index in [2.05, 4.69) is 39.8 Å². The number of anilines is 1. The minimum absolute atomic E-state index is 0.222. The van der Waals surface area contributed by atoms with Crippen LogP contribution in [0.25, 0.3) is 22.4 Å². The topological polar surface area (TPSA) is 68.5 Å². The molecule has 0 aromatic carbocycles. The summed E-state index contributed by atoms with van der Waals surface area (Å²) in [5, 5.41) is 11.0. The number of thiophene rings is 1. The SMILES string of the molecule is CCC[C@H](Nc1nc(-c2cccnc2)nc2c1cnn2C)c1cccs1. The van der Waals surface area contributed by atoms with Gasteiger partial charge in [-0.1, -0.05) is 19.4 Å². The fraction of sp³-hybridized carbons (Fsp3) is 0.263.